The molecule has 0 radical (unpaired) electrons. The Morgan fingerprint density at radius 3 is 2.71 bits per heavy atom. The lowest BCUT2D eigenvalue weighted by atomic mass is 9.86. The zero-order chi connectivity index (χ0) is 23.2. The molecule has 2 atom stereocenters. The van der Waals surface area contributed by atoms with Gasteiger partial charge in [-0.2, -0.15) is 0 Å². The molecule has 170 valence electrons. The number of hydrogen-bond acceptors (Lipinski definition) is 4. The summed E-state index contributed by atoms with van der Waals surface area (Å²) >= 11 is 0. The molecule has 6 rings (SSSR count). The molecule has 2 unspecified atom stereocenters. The zero-order valence-corrected chi connectivity index (χ0v) is 18.9. The third-order valence-electron chi connectivity index (χ3n) is 7.21. The van der Waals surface area contributed by atoms with Crippen molar-refractivity contribution in [1.82, 2.24) is 14.9 Å². The second-order valence-electron chi connectivity index (χ2n) is 9.13. The standard InChI is InChI=1S/C28H25N3O3/c1-17-21(10-5-12-29-17)24-15-20(11-13-31(24)28(32)33)27-30-16-25(34-27)23-9-4-7-19-14-18-6-2-3-8-22(18)26(19)23/h2-10,12,16,20,24H,11,13-15H2,1H3,(H,32,33). The maximum atomic E-state index is 12.0. The summed E-state index contributed by atoms with van der Waals surface area (Å²) in [6, 6.07) is 18.4. The summed E-state index contributed by atoms with van der Waals surface area (Å²) in [5.41, 5.74) is 7.98. The number of carbonyl (C=O) groups is 1. The number of piperidine rings is 1. The van der Waals surface area contributed by atoms with Crippen LogP contribution in [0.15, 0.2) is 71.4 Å². The van der Waals surface area contributed by atoms with E-state index in [4.69, 9.17) is 4.42 Å². The van der Waals surface area contributed by atoms with Crippen molar-refractivity contribution >= 4 is 6.09 Å². The molecule has 1 aliphatic carbocycles. The van der Waals surface area contributed by atoms with Crippen LogP contribution < -0.4 is 0 Å². The minimum Gasteiger partial charge on any atom is -0.465 e. The van der Waals surface area contributed by atoms with E-state index in [1.54, 1.807) is 6.20 Å². The number of carboxylic acid groups (broad SMARTS) is 1. The highest BCUT2D eigenvalue weighted by atomic mass is 16.4. The van der Waals surface area contributed by atoms with Gasteiger partial charge in [0.05, 0.1) is 12.2 Å². The monoisotopic (exact) mass is 451 g/mol. The van der Waals surface area contributed by atoms with Crippen LogP contribution >= 0.6 is 0 Å². The van der Waals surface area contributed by atoms with Crippen LogP contribution in [0.2, 0.25) is 0 Å². The van der Waals surface area contributed by atoms with Gasteiger partial charge in [0.1, 0.15) is 0 Å². The first-order chi connectivity index (χ1) is 16.6. The van der Waals surface area contributed by atoms with Crippen LogP contribution in [0.4, 0.5) is 4.79 Å². The molecule has 6 nitrogen and oxygen atoms in total. The minimum atomic E-state index is -0.904. The number of oxazole rings is 1. The van der Waals surface area contributed by atoms with E-state index in [0.29, 0.717) is 25.3 Å². The van der Waals surface area contributed by atoms with Gasteiger partial charge in [-0.25, -0.2) is 9.78 Å². The van der Waals surface area contributed by atoms with Crippen LogP contribution in [-0.2, 0) is 6.42 Å². The van der Waals surface area contributed by atoms with Gasteiger partial charge in [0.15, 0.2) is 11.7 Å². The Hall–Kier alpha value is -3.93. The molecule has 1 fully saturated rings. The number of amides is 1. The Morgan fingerprint density at radius 2 is 1.85 bits per heavy atom. The molecule has 3 heterocycles. The predicted octanol–water partition coefficient (Wildman–Crippen LogP) is 6.21. The Balaban J connectivity index is 1.33. The SMILES string of the molecule is Cc1ncccc1C1CC(c2ncc(-c3cccc4c3-c3ccccc3C4)o2)CCN1C(=O)O. The largest absolute Gasteiger partial charge is 0.465 e. The van der Waals surface area contributed by atoms with E-state index < -0.39 is 6.09 Å². The van der Waals surface area contributed by atoms with Crippen LogP contribution in [0.5, 0.6) is 0 Å². The molecule has 1 amide bonds. The third kappa shape index (κ3) is 3.37. The van der Waals surface area contributed by atoms with Gasteiger partial charge < -0.3 is 14.4 Å². The van der Waals surface area contributed by atoms with E-state index in [1.807, 2.05) is 25.3 Å². The molecule has 6 heteroatoms. The summed E-state index contributed by atoms with van der Waals surface area (Å²) in [7, 11) is 0. The third-order valence-corrected chi connectivity index (χ3v) is 7.21. The summed E-state index contributed by atoms with van der Waals surface area (Å²) in [6.07, 6.45) is 4.88. The number of aromatic nitrogens is 2. The molecule has 34 heavy (non-hydrogen) atoms. The molecule has 2 aromatic heterocycles. The summed E-state index contributed by atoms with van der Waals surface area (Å²) in [4.78, 5) is 22.5. The average molecular weight is 452 g/mol. The summed E-state index contributed by atoms with van der Waals surface area (Å²) in [6.45, 7) is 2.36. The lowest BCUT2D eigenvalue weighted by Gasteiger charge is -2.37. The van der Waals surface area contributed by atoms with Crippen LogP contribution in [0, 0.1) is 6.92 Å². The van der Waals surface area contributed by atoms with E-state index >= 15 is 0 Å². The molecule has 1 saturated heterocycles. The molecular formula is C28H25N3O3. The van der Waals surface area contributed by atoms with Crippen molar-refractivity contribution < 1.29 is 14.3 Å². The summed E-state index contributed by atoms with van der Waals surface area (Å²) in [5.74, 6) is 1.48. The normalized spacial score (nSPS) is 19.0. The molecule has 0 spiro atoms. The van der Waals surface area contributed by atoms with Gasteiger partial charge in [-0.1, -0.05) is 48.5 Å². The molecular weight excluding hydrogens is 426 g/mol. The fourth-order valence-electron chi connectivity index (χ4n) is 5.56. The number of rotatable bonds is 3. The van der Waals surface area contributed by atoms with Gasteiger partial charge in [0.2, 0.25) is 0 Å². The van der Waals surface area contributed by atoms with Crippen LogP contribution in [0.3, 0.4) is 0 Å². The number of fused-ring (bicyclic) bond motifs is 3. The number of aryl methyl sites for hydroxylation is 1. The lowest BCUT2D eigenvalue weighted by Crippen LogP contribution is -2.40. The van der Waals surface area contributed by atoms with Crippen molar-refractivity contribution in [3.63, 3.8) is 0 Å². The van der Waals surface area contributed by atoms with Crippen molar-refractivity contribution in [2.75, 3.05) is 6.54 Å². The Bertz CT molecular complexity index is 1390. The van der Waals surface area contributed by atoms with Crippen molar-refractivity contribution in [2.45, 2.75) is 38.1 Å². The maximum Gasteiger partial charge on any atom is 0.407 e. The van der Waals surface area contributed by atoms with Crippen molar-refractivity contribution in [3.8, 4) is 22.5 Å². The van der Waals surface area contributed by atoms with Crippen molar-refractivity contribution in [2.24, 2.45) is 0 Å². The summed E-state index contributed by atoms with van der Waals surface area (Å²) in [5, 5.41) is 9.81. The first-order valence-corrected chi connectivity index (χ1v) is 11.7. The number of benzene rings is 2. The van der Waals surface area contributed by atoms with E-state index in [0.717, 1.165) is 29.0 Å². The number of pyridine rings is 1. The van der Waals surface area contributed by atoms with E-state index in [2.05, 4.69) is 52.4 Å². The fraction of sp³-hybridized carbons (Fsp3) is 0.250. The first-order valence-electron chi connectivity index (χ1n) is 11.7. The second-order valence-corrected chi connectivity index (χ2v) is 9.13. The minimum absolute atomic E-state index is 0.0398. The van der Waals surface area contributed by atoms with E-state index in [1.165, 1.54) is 27.2 Å². The highest BCUT2D eigenvalue weighted by Gasteiger charge is 2.36. The maximum absolute atomic E-state index is 12.0. The number of hydrogen-bond donors (Lipinski definition) is 1. The Kier molecular flexibility index (Phi) is 4.94. The number of nitrogens with zero attached hydrogens (tertiary/aromatic N) is 3. The number of likely N-dealkylation sites (tertiary alicyclic amines) is 1. The van der Waals surface area contributed by atoms with E-state index in [-0.39, 0.29) is 12.0 Å². The lowest BCUT2D eigenvalue weighted by molar-refractivity contribution is 0.0968. The fourth-order valence-corrected chi connectivity index (χ4v) is 5.56. The second kappa shape index (κ2) is 8.13. The van der Waals surface area contributed by atoms with Gasteiger partial charge in [0.25, 0.3) is 0 Å². The van der Waals surface area contributed by atoms with Crippen molar-refractivity contribution in [3.05, 3.63) is 95.3 Å². The van der Waals surface area contributed by atoms with Crippen LogP contribution in [0.1, 0.15) is 53.1 Å². The highest BCUT2D eigenvalue weighted by Crippen LogP contribution is 2.44. The molecule has 2 aromatic carbocycles. The van der Waals surface area contributed by atoms with Crippen LogP contribution in [-0.4, -0.2) is 32.6 Å². The molecule has 2 aliphatic rings. The van der Waals surface area contributed by atoms with Gasteiger partial charge in [-0.15, -0.1) is 0 Å². The van der Waals surface area contributed by atoms with Crippen LogP contribution in [0.25, 0.3) is 22.5 Å². The Labute approximate surface area is 197 Å². The van der Waals surface area contributed by atoms with E-state index in [9.17, 15) is 9.90 Å². The highest BCUT2D eigenvalue weighted by molar-refractivity contribution is 5.88. The van der Waals surface area contributed by atoms with Gasteiger partial charge in [-0.3, -0.25) is 4.98 Å². The molecule has 0 bridgehead atoms. The summed E-state index contributed by atoms with van der Waals surface area (Å²) < 4.78 is 6.37. The smallest absolute Gasteiger partial charge is 0.407 e. The molecule has 0 saturated carbocycles. The molecule has 1 aliphatic heterocycles. The molecule has 1 N–H and O–H groups in total. The van der Waals surface area contributed by atoms with Gasteiger partial charge >= 0.3 is 6.09 Å². The topological polar surface area (TPSA) is 79.5 Å². The van der Waals surface area contributed by atoms with Gasteiger partial charge in [-0.05, 0) is 60.1 Å². The Morgan fingerprint density at radius 1 is 1.03 bits per heavy atom. The quantitative estimate of drug-likeness (QED) is 0.352. The van der Waals surface area contributed by atoms with Gasteiger partial charge in [0, 0.05) is 29.9 Å². The zero-order valence-electron chi connectivity index (χ0n) is 18.9. The predicted molar refractivity (Wildman–Crippen MR) is 129 cm³/mol. The van der Waals surface area contributed by atoms with Crippen molar-refractivity contribution in [1.29, 1.82) is 0 Å². The molecule has 4 aromatic rings. The average Bonchev–Trinajstić information content (AvgIpc) is 3.49. The first kappa shape index (κ1) is 20.7.